The zero-order valence-corrected chi connectivity index (χ0v) is 9.37. The summed E-state index contributed by atoms with van der Waals surface area (Å²) in [6, 6.07) is 1.34. The molecule has 0 aromatic carbocycles. The second kappa shape index (κ2) is 4.19. The summed E-state index contributed by atoms with van der Waals surface area (Å²) in [6.07, 6.45) is 2.75. The predicted molar refractivity (Wildman–Crippen MR) is 59.0 cm³/mol. The smallest absolute Gasteiger partial charge is 0.158 e. The zero-order valence-electron chi connectivity index (χ0n) is 8.61. The van der Waals surface area contributed by atoms with E-state index in [1.807, 2.05) is 0 Å². The van der Waals surface area contributed by atoms with E-state index in [9.17, 15) is 4.39 Å². The molecule has 4 nitrogen and oxygen atoms in total. The van der Waals surface area contributed by atoms with Gasteiger partial charge in [-0.15, -0.1) is 0 Å². The van der Waals surface area contributed by atoms with Crippen molar-refractivity contribution in [2.24, 2.45) is 5.73 Å². The lowest BCUT2D eigenvalue weighted by molar-refractivity contribution is 0.615. The first-order chi connectivity index (χ1) is 7.61. The lowest BCUT2D eigenvalue weighted by atomic mass is 10.2. The van der Waals surface area contributed by atoms with Crippen LogP contribution >= 0.6 is 11.6 Å². The summed E-state index contributed by atoms with van der Waals surface area (Å²) >= 11 is 5.89. The maximum absolute atomic E-state index is 13.0. The van der Waals surface area contributed by atoms with Crippen molar-refractivity contribution in [2.75, 3.05) is 0 Å². The maximum Gasteiger partial charge on any atom is 0.158 e. The first kappa shape index (κ1) is 11.0. The zero-order chi connectivity index (χ0) is 11.7. The van der Waals surface area contributed by atoms with Crippen molar-refractivity contribution in [2.45, 2.75) is 13.5 Å². The number of rotatable bonds is 2. The van der Waals surface area contributed by atoms with Gasteiger partial charge in [-0.25, -0.2) is 14.1 Å². The van der Waals surface area contributed by atoms with Crippen molar-refractivity contribution in [3.8, 4) is 5.82 Å². The lowest BCUT2D eigenvalue weighted by Gasteiger charge is -2.05. The van der Waals surface area contributed by atoms with Crippen LogP contribution in [0.3, 0.4) is 0 Å². The van der Waals surface area contributed by atoms with E-state index in [1.165, 1.54) is 10.7 Å². The largest absolute Gasteiger partial charge is 0.326 e. The molecule has 0 aliphatic carbocycles. The molecule has 16 heavy (non-hydrogen) atoms. The van der Waals surface area contributed by atoms with Crippen molar-refractivity contribution < 1.29 is 4.39 Å². The molecule has 0 amide bonds. The van der Waals surface area contributed by atoms with Crippen LogP contribution in [0, 0.1) is 12.7 Å². The molecule has 0 radical (unpaired) electrons. The molecule has 2 N–H and O–H groups in total. The highest BCUT2D eigenvalue weighted by Crippen LogP contribution is 2.17. The molecule has 0 aliphatic heterocycles. The van der Waals surface area contributed by atoms with Gasteiger partial charge in [-0.2, -0.15) is 5.10 Å². The van der Waals surface area contributed by atoms with Crippen LogP contribution in [0.2, 0.25) is 5.02 Å². The highest BCUT2D eigenvalue weighted by atomic mass is 35.5. The molecular formula is C10H10ClFN4. The van der Waals surface area contributed by atoms with E-state index in [2.05, 4.69) is 10.1 Å². The van der Waals surface area contributed by atoms with Crippen molar-refractivity contribution in [3.63, 3.8) is 0 Å². The number of hydrogen-bond donors (Lipinski definition) is 1. The van der Waals surface area contributed by atoms with Crippen LogP contribution < -0.4 is 5.73 Å². The van der Waals surface area contributed by atoms with Gasteiger partial charge in [0, 0.05) is 12.1 Å². The van der Waals surface area contributed by atoms with Crippen molar-refractivity contribution >= 4 is 11.6 Å². The van der Waals surface area contributed by atoms with Crippen LogP contribution in [-0.2, 0) is 6.54 Å². The molecule has 0 bridgehead atoms. The number of aryl methyl sites for hydroxylation is 1. The molecule has 2 aromatic rings. The molecule has 84 valence electrons. The van der Waals surface area contributed by atoms with Gasteiger partial charge in [-0.3, -0.25) is 0 Å². The molecule has 0 unspecified atom stereocenters. The summed E-state index contributed by atoms with van der Waals surface area (Å²) < 4.78 is 14.5. The molecule has 0 spiro atoms. The summed E-state index contributed by atoms with van der Waals surface area (Å²) in [4.78, 5) is 3.96. The Hall–Kier alpha value is -1.46. The van der Waals surface area contributed by atoms with Crippen LogP contribution in [0.5, 0.6) is 0 Å². The van der Waals surface area contributed by atoms with Gasteiger partial charge in [0.05, 0.1) is 23.1 Å². The fourth-order valence-electron chi connectivity index (χ4n) is 1.38. The number of nitrogens with zero attached hydrogens (tertiary/aromatic N) is 3. The third kappa shape index (κ3) is 1.91. The SMILES string of the molecule is Cc1nn(-c2ncc(F)cc2CN)cc1Cl. The third-order valence-corrected chi connectivity index (χ3v) is 2.56. The third-order valence-electron chi connectivity index (χ3n) is 2.19. The van der Waals surface area contributed by atoms with E-state index in [-0.39, 0.29) is 6.54 Å². The average Bonchev–Trinajstić information content (AvgIpc) is 2.59. The van der Waals surface area contributed by atoms with E-state index >= 15 is 0 Å². The van der Waals surface area contributed by atoms with Crippen molar-refractivity contribution in [1.82, 2.24) is 14.8 Å². The Bertz CT molecular complexity index is 504. The molecule has 0 atom stereocenters. The first-order valence-electron chi connectivity index (χ1n) is 4.68. The minimum absolute atomic E-state index is 0.191. The number of aromatic nitrogens is 3. The van der Waals surface area contributed by atoms with Crippen LogP contribution in [0.15, 0.2) is 18.5 Å². The van der Waals surface area contributed by atoms with E-state index in [0.717, 1.165) is 6.20 Å². The molecule has 6 heteroatoms. The van der Waals surface area contributed by atoms with Gasteiger partial charge in [-0.05, 0) is 13.0 Å². The monoisotopic (exact) mass is 240 g/mol. The van der Waals surface area contributed by atoms with Crippen LogP contribution in [0.1, 0.15) is 11.3 Å². The molecule has 0 fully saturated rings. The average molecular weight is 241 g/mol. The van der Waals surface area contributed by atoms with Crippen LogP contribution in [0.25, 0.3) is 5.82 Å². The summed E-state index contributed by atoms with van der Waals surface area (Å²) in [6.45, 7) is 1.97. The van der Waals surface area contributed by atoms with Crippen LogP contribution in [0.4, 0.5) is 4.39 Å². The Morgan fingerprint density at radius 3 is 2.88 bits per heavy atom. The van der Waals surface area contributed by atoms with E-state index in [0.29, 0.717) is 22.1 Å². The Kier molecular flexibility index (Phi) is 2.89. The Morgan fingerprint density at radius 1 is 1.56 bits per heavy atom. The Morgan fingerprint density at radius 2 is 2.31 bits per heavy atom. The molecule has 0 aliphatic rings. The topological polar surface area (TPSA) is 56.7 Å². The van der Waals surface area contributed by atoms with Gasteiger partial charge in [0.2, 0.25) is 0 Å². The van der Waals surface area contributed by atoms with Crippen LogP contribution in [-0.4, -0.2) is 14.8 Å². The van der Waals surface area contributed by atoms with Gasteiger partial charge in [0.1, 0.15) is 5.82 Å². The highest BCUT2D eigenvalue weighted by molar-refractivity contribution is 6.31. The fraction of sp³-hybridized carbons (Fsp3) is 0.200. The standard InChI is InChI=1S/C10H10ClFN4/c1-6-9(11)5-16(15-6)10-7(3-13)2-8(12)4-14-10/h2,4-5H,3,13H2,1H3. The highest BCUT2D eigenvalue weighted by Gasteiger charge is 2.10. The normalized spacial score (nSPS) is 10.8. The van der Waals surface area contributed by atoms with E-state index in [4.69, 9.17) is 17.3 Å². The quantitative estimate of drug-likeness (QED) is 0.871. The predicted octanol–water partition coefficient (Wildman–Crippen LogP) is 1.83. The summed E-state index contributed by atoms with van der Waals surface area (Å²) in [7, 11) is 0. The maximum atomic E-state index is 13.0. The Balaban J connectivity index is 2.55. The summed E-state index contributed by atoms with van der Waals surface area (Å²) in [5, 5.41) is 4.70. The lowest BCUT2D eigenvalue weighted by Crippen LogP contribution is -2.08. The minimum Gasteiger partial charge on any atom is -0.326 e. The van der Waals surface area contributed by atoms with E-state index < -0.39 is 5.82 Å². The van der Waals surface area contributed by atoms with Gasteiger partial charge in [-0.1, -0.05) is 11.6 Å². The molecule has 0 saturated carbocycles. The van der Waals surface area contributed by atoms with Crippen molar-refractivity contribution in [3.05, 3.63) is 40.6 Å². The molecule has 2 rings (SSSR count). The van der Waals surface area contributed by atoms with Crippen molar-refractivity contribution in [1.29, 1.82) is 0 Å². The minimum atomic E-state index is -0.417. The number of halogens is 2. The second-order valence-corrected chi connectivity index (χ2v) is 3.75. The molecule has 0 saturated heterocycles. The summed E-state index contributed by atoms with van der Waals surface area (Å²) in [5.74, 6) is 0.0816. The van der Waals surface area contributed by atoms with Gasteiger partial charge in [0.25, 0.3) is 0 Å². The summed E-state index contributed by atoms with van der Waals surface area (Å²) in [5.41, 5.74) is 6.79. The number of nitrogens with two attached hydrogens (primary N) is 1. The number of pyridine rings is 1. The fourth-order valence-corrected chi connectivity index (χ4v) is 1.51. The van der Waals surface area contributed by atoms with Gasteiger partial charge >= 0.3 is 0 Å². The van der Waals surface area contributed by atoms with Gasteiger partial charge < -0.3 is 5.73 Å². The molecule has 2 heterocycles. The molecular weight excluding hydrogens is 231 g/mol. The van der Waals surface area contributed by atoms with E-state index in [1.54, 1.807) is 13.1 Å². The second-order valence-electron chi connectivity index (χ2n) is 3.35. The van der Waals surface area contributed by atoms with Gasteiger partial charge in [0.15, 0.2) is 5.82 Å². The first-order valence-corrected chi connectivity index (χ1v) is 5.06. The molecule has 2 aromatic heterocycles. The number of hydrogen-bond acceptors (Lipinski definition) is 3. The Labute approximate surface area is 96.9 Å².